The molecule has 1 heterocycles. The number of hydrogen-bond acceptors (Lipinski definition) is 5. The lowest BCUT2D eigenvalue weighted by molar-refractivity contribution is -0.139. The van der Waals surface area contributed by atoms with Crippen molar-refractivity contribution in [2.45, 2.75) is 51.6 Å². The number of carbonyl (C=O) groups excluding carboxylic acids is 1. The zero-order valence-corrected chi connectivity index (χ0v) is 13.3. The monoisotopic (exact) mass is 297 g/mol. The molecule has 112 valence electrons. The maximum atomic E-state index is 11.3. The molecule has 0 spiro atoms. The number of thiazole rings is 1. The van der Waals surface area contributed by atoms with Gasteiger partial charge in [0.1, 0.15) is 10.6 Å². The molecule has 1 aliphatic rings. The SMILES string of the molecule is CCOC1(c2nc(CC(=O)OC)cs2)CCC(C)CC1. The highest BCUT2D eigenvalue weighted by Crippen LogP contribution is 2.43. The summed E-state index contributed by atoms with van der Waals surface area (Å²) in [5.74, 6) is 0.516. The summed E-state index contributed by atoms with van der Waals surface area (Å²) in [5.41, 5.74) is 0.551. The fourth-order valence-electron chi connectivity index (χ4n) is 2.74. The Morgan fingerprint density at radius 3 is 2.80 bits per heavy atom. The van der Waals surface area contributed by atoms with Crippen molar-refractivity contribution < 1.29 is 14.3 Å². The van der Waals surface area contributed by atoms with Crippen molar-refractivity contribution in [3.63, 3.8) is 0 Å². The first-order chi connectivity index (χ1) is 9.59. The standard InChI is InChI=1S/C15H23NO3S/c1-4-19-15(7-5-11(2)6-8-15)14-16-12(10-20-14)9-13(17)18-3/h10-11H,4-9H2,1-3H3. The molecular weight excluding hydrogens is 274 g/mol. The quantitative estimate of drug-likeness (QED) is 0.782. The van der Waals surface area contributed by atoms with E-state index in [1.807, 2.05) is 12.3 Å². The van der Waals surface area contributed by atoms with Gasteiger partial charge < -0.3 is 9.47 Å². The van der Waals surface area contributed by atoms with E-state index in [4.69, 9.17) is 9.47 Å². The molecule has 0 saturated heterocycles. The molecule has 0 N–H and O–H groups in total. The Bertz CT molecular complexity index is 450. The van der Waals surface area contributed by atoms with E-state index >= 15 is 0 Å². The van der Waals surface area contributed by atoms with Crippen LogP contribution in [0.1, 0.15) is 50.2 Å². The summed E-state index contributed by atoms with van der Waals surface area (Å²) < 4.78 is 10.8. The molecule has 20 heavy (non-hydrogen) atoms. The van der Waals surface area contributed by atoms with E-state index < -0.39 is 0 Å². The number of esters is 1. The fraction of sp³-hybridized carbons (Fsp3) is 0.733. The smallest absolute Gasteiger partial charge is 0.311 e. The summed E-state index contributed by atoms with van der Waals surface area (Å²) >= 11 is 1.60. The number of aromatic nitrogens is 1. The van der Waals surface area contributed by atoms with Crippen LogP contribution in [0.3, 0.4) is 0 Å². The molecule has 0 amide bonds. The van der Waals surface area contributed by atoms with Crippen LogP contribution in [-0.4, -0.2) is 24.7 Å². The molecule has 4 nitrogen and oxygen atoms in total. The lowest BCUT2D eigenvalue weighted by atomic mass is 9.79. The number of methoxy groups -OCH3 is 1. The van der Waals surface area contributed by atoms with E-state index in [0.29, 0.717) is 6.61 Å². The highest BCUT2D eigenvalue weighted by atomic mass is 32.1. The minimum absolute atomic E-state index is 0.236. The third kappa shape index (κ3) is 3.38. The minimum Gasteiger partial charge on any atom is -0.469 e. The molecule has 1 aromatic heterocycles. The lowest BCUT2D eigenvalue weighted by Crippen LogP contribution is -2.34. The predicted octanol–water partition coefficient (Wildman–Crippen LogP) is 3.30. The van der Waals surface area contributed by atoms with Crippen molar-refractivity contribution in [1.29, 1.82) is 0 Å². The first-order valence-corrected chi connectivity index (χ1v) is 8.13. The summed E-state index contributed by atoms with van der Waals surface area (Å²) in [6, 6.07) is 0. The Morgan fingerprint density at radius 2 is 2.20 bits per heavy atom. The van der Waals surface area contributed by atoms with Crippen LogP contribution >= 0.6 is 11.3 Å². The van der Waals surface area contributed by atoms with Gasteiger partial charge >= 0.3 is 5.97 Å². The van der Waals surface area contributed by atoms with Crippen LogP contribution in [0.15, 0.2) is 5.38 Å². The highest BCUT2D eigenvalue weighted by molar-refractivity contribution is 7.09. The van der Waals surface area contributed by atoms with Gasteiger partial charge in [-0.25, -0.2) is 4.98 Å². The molecule has 5 heteroatoms. The topological polar surface area (TPSA) is 48.4 Å². The van der Waals surface area contributed by atoms with E-state index in [0.717, 1.165) is 29.5 Å². The maximum Gasteiger partial charge on any atom is 0.311 e. The summed E-state index contributed by atoms with van der Waals surface area (Å²) in [5, 5.41) is 2.97. The van der Waals surface area contributed by atoms with Crippen LogP contribution in [0.2, 0.25) is 0 Å². The predicted molar refractivity (Wildman–Crippen MR) is 78.8 cm³/mol. The van der Waals surface area contributed by atoms with Crippen molar-refractivity contribution in [2.24, 2.45) is 5.92 Å². The van der Waals surface area contributed by atoms with Gasteiger partial charge in [-0.3, -0.25) is 4.79 Å². The molecule has 0 atom stereocenters. The average molecular weight is 297 g/mol. The average Bonchev–Trinajstić information content (AvgIpc) is 2.91. The zero-order valence-electron chi connectivity index (χ0n) is 12.5. The maximum absolute atomic E-state index is 11.3. The van der Waals surface area contributed by atoms with E-state index in [2.05, 4.69) is 11.9 Å². The normalized spacial score (nSPS) is 26.4. The first-order valence-electron chi connectivity index (χ1n) is 7.25. The molecule has 1 aliphatic carbocycles. The van der Waals surface area contributed by atoms with Gasteiger partial charge in [0, 0.05) is 12.0 Å². The van der Waals surface area contributed by atoms with Gasteiger partial charge in [0.15, 0.2) is 0 Å². The number of hydrogen-bond donors (Lipinski definition) is 0. The van der Waals surface area contributed by atoms with Crippen LogP contribution in [0.5, 0.6) is 0 Å². The van der Waals surface area contributed by atoms with E-state index in [9.17, 15) is 4.79 Å². The van der Waals surface area contributed by atoms with Gasteiger partial charge in [-0.15, -0.1) is 11.3 Å². The van der Waals surface area contributed by atoms with Crippen molar-refractivity contribution in [2.75, 3.05) is 13.7 Å². The van der Waals surface area contributed by atoms with E-state index in [1.54, 1.807) is 11.3 Å². The Kier molecular flexibility index (Phi) is 5.16. The van der Waals surface area contributed by atoms with Crippen molar-refractivity contribution in [1.82, 2.24) is 4.98 Å². The Balaban J connectivity index is 2.15. The number of ether oxygens (including phenoxy) is 2. The van der Waals surface area contributed by atoms with Gasteiger partial charge in [0.05, 0.1) is 19.2 Å². The Labute approximate surface area is 124 Å². The second-order valence-electron chi connectivity index (χ2n) is 5.51. The van der Waals surface area contributed by atoms with Crippen LogP contribution < -0.4 is 0 Å². The summed E-state index contributed by atoms with van der Waals surface area (Å²) in [6.45, 7) is 5.02. The molecule has 1 saturated carbocycles. The highest BCUT2D eigenvalue weighted by Gasteiger charge is 2.39. The lowest BCUT2D eigenvalue weighted by Gasteiger charge is -2.37. The number of nitrogens with zero attached hydrogens (tertiary/aromatic N) is 1. The molecule has 0 radical (unpaired) electrons. The summed E-state index contributed by atoms with van der Waals surface area (Å²) in [4.78, 5) is 16.0. The van der Waals surface area contributed by atoms with Gasteiger partial charge in [-0.05, 0) is 38.5 Å². The molecular formula is C15H23NO3S. The van der Waals surface area contributed by atoms with Crippen LogP contribution in [0.25, 0.3) is 0 Å². The van der Waals surface area contributed by atoms with Crippen molar-refractivity contribution in [3.8, 4) is 0 Å². The molecule has 1 aromatic rings. The zero-order chi connectivity index (χ0) is 14.6. The molecule has 1 fully saturated rings. The summed E-state index contributed by atoms with van der Waals surface area (Å²) in [7, 11) is 1.40. The Morgan fingerprint density at radius 1 is 1.50 bits per heavy atom. The second kappa shape index (κ2) is 6.68. The van der Waals surface area contributed by atoms with Crippen LogP contribution in [-0.2, 0) is 26.3 Å². The van der Waals surface area contributed by atoms with E-state index in [-0.39, 0.29) is 18.0 Å². The molecule has 0 bridgehead atoms. The minimum atomic E-state index is -0.246. The van der Waals surface area contributed by atoms with Crippen LogP contribution in [0.4, 0.5) is 0 Å². The van der Waals surface area contributed by atoms with Gasteiger partial charge in [0.25, 0.3) is 0 Å². The summed E-state index contributed by atoms with van der Waals surface area (Å²) in [6.07, 6.45) is 4.63. The van der Waals surface area contributed by atoms with E-state index in [1.165, 1.54) is 20.0 Å². The van der Waals surface area contributed by atoms with Crippen molar-refractivity contribution in [3.05, 3.63) is 16.1 Å². The Hall–Kier alpha value is -0.940. The van der Waals surface area contributed by atoms with Crippen LogP contribution in [0, 0.1) is 5.92 Å². The second-order valence-corrected chi connectivity index (χ2v) is 6.36. The number of carbonyl (C=O) groups is 1. The van der Waals surface area contributed by atoms with Crippen molar-refractivity contribution >= 4 is 17.3 Å². The largest absolute Gasteiger partial charge is 0.469 e. The molecule has 0 aliphatic heterocycles. The fourth-order valence-corrected chi connectivity index (χ4v) is 3.77. The van der Waals surface area contributed by atoms with Gasteiger partial charge in [-0.1, -0.05) is 6.92 Å². The third-order valence-electron chi connectivity index (χ3n) is 4.00. The third-order valence-corrected chi connectivity index (χ3v) is 5.07. The molecule has 2 rings (SSSR count). The first kappa shape index (κ1) is 15.4. The number of rotatable bonds is 5. The molecule has 0 unspecified atom stereocenters. The van der Waals surface area contributed by atoms with Gasteiger partial charge in [0.2, 0.25) is 0 Å². The van der Waals surface area contributed by atoms with Gasteiger partial charge in [-0.2, -0.15) is 0 Å². The molecule has 0 aromatic carbocycles.